The molecule has 3 amide bonds. The summed E-state index contributed by atoms with van der Waals surface area (Å²) in [5, 5.41) is 6.45. The maximum atomic E-state index is 13.5. The van der Waals surface area contributed by atoms with Gasteiger partial charge in [-0.1, -0.05) is 0 Å². The first-order valence-electron chi connectivity index (χ1n) is 5.71. The predicted molar refractivity (Wildman–Crippen MR) is 68.8 cm³/mol. The Labute approximate surface area is 118 Å². The summed E-state index contributed by atoms with van der Waals surface area (Å²) in [6.45, 7) is -0.448. The van der Waals surface area contributed by atoms with Crippen LogP contribution in [-0.2, 0) is 9.53 Å². The second-order valence-corrected chi connectivity index (χ2v) is 3.78. The molecule has 0 aliphatic heterocycles. The van der Waals surface area contributed by atoms with Crippen molar-refractivity contribution < 1.29 is 27.9 Å². The summed E-state index contributed by atoms with van der Waals surface area (Å²) in [6.07, 6.45) is 0. The largest absolute Gasteiger partial charge is 0.465 e. The number of carbonyl (C=O) groups is 3. The van der Waals surface area contributed by atoms with Crippen molar-refractivity contribution in [1.82, 2.24) is 10.6 Å². The zero-order chi connectivity index (χ0) is 16.0. The number of benzene rings is 1. The molecule has 7 nitrogen and oxygen atoms in total. The number of hydrogen-bond acceptors (Lipinski definition) is 5. The number of esters is 1. The lowest BCUT2D eigenvalue weighted by atomic mass is 10.1. The molecule has 0 spiro atoms. The van der Waals surface area contributed by atoms with Gasteiger partial charge < -0.3 is 15.4 Å². The highest BCUT2D eigenvalue weighted by atomic mass is 19.1. The number of imide groups is 1. The Bertz CT molecular complexity index is 578. The molecule has 0 saturated carbocycles. The first-order valence-corrected chi connectivity index (χ1v) is 5.71. The maximum absolute atomic E-state index is 13.5. The summed E-state index contributed by atoms with van der Waals surface area (Å²) in [6, 6.07) is 0.645. The van der Waals surface area contributed by atoms with Crippen molar-refractivity contribution >= 4 is 23.6 Å². The number of anilines is 1. The van der Waals surface area contributed by atoms with E-state index in [4.69, 9.17) is 0 Å². The van der Waals surface area contributed by atoms with E-state index in [1.54, 1.807) is 0 Å². The third kappa shape index (κ3) is 4.41. The summed E-state index contributed by atoms with van der Waals surface area (Å²) in [5.41, 5.74) is -0.753. The molecule has 1 rings (SSSR count). The van der Waals surface area contributed by atoms with E-state index >= 15 is 0 Å². The molecule has 0 unspecified atom stereocenters. The van der Waals surface area contributed by atoms with Gasteiger partial charge in [0, 0.05) is 13.1 Å². The molecule has 0 aliphatic rings. The number of amides is 3. The van der Waals surface area contributed by atoms with Gasteiger partial charge in [0.25, 0.3) is 0 Å². The monoisotopic (exact) mass is 301 g/mol. The lowest BCUT2D eigenvalue weighted by molar-refractivity contribution is -0.118. The Balaban J connectivity index is 2.82. The molecule has 0 aliphatic carbocycles. The van der Waals surface area contributed by atoms with Crippen molar-refractivity contribution in [3.8, 4) is 0 Å². The van der Waals surface area contributed by atoms with Gasteiger partial charge >= 0.3 is 12.0 Å². The third-order valence-corrected chi connectivity index (χ3v) is 2.38. The van der Waals surface area contributed by atoms with Crippen LogP contribution in [0.5, 0.6) is 0 Å². The van der Waals surface area contributed by atoms with E-state index in [1.807, 2.05) is 5.32 Å². The number of urea groups is 1. The van der Waals surface area contributed by atoms with E-state index in [0.717, 1.165) is 13.2 Å². The van der Waals surface area contributed by atoms with Crippen LogP contribution in [0.4, 0.5) is 19.3 Å². The highest BCUT2D eigenvalue weighted by molar-refractivity contribution is 5.96. The van der Waals surface area contributed by atoms with Crippen LogP contribution in [0, 0.1) is 11.6 Å². The first-order chi connectivity index (χ1) is 9.88. The molecule has 0 bridgehead atoms. The lowest BCUT2D eigenvalue weighted by Crippen LogP contribution is -2.40. The Kier molecular flexibility index (Phi) is 5.58. The summed E-state index contributed by atoms with van der Waals surface area (Å²) in [4.78, 5) is 33.5. The van der Waals surface area contributed by atoms with Gasteiger partial charge in [0.15, 0.2) is 0 Å². The Hall–Kier alpha value is -2.71. The molecule has 1 aromatic rings. The summed E-state index contributed by atoms with van der Waals surface area (Å²) >= 11 is 0. The minimum Gasteiger partial charge on any atom is -0.465 e. The van der Waals surface area contributed by atoms with Crippen LogP contribution in [0.3, 0.4) is 0 Å². The number of hydrogen-bond donors (Lipinski definition) is 3. The summed E-state index contributed by atoms with van der Waals surface area (Å²) in [5.74, 6) is -3.80. The van der Waals surface area contributed by atoms with Gasteiger partial charge in [0.05, 0.1) is 24.9 Å². The van der Waals surface area contributed by atoms with Crippen LogP contribution in [-0.4, -0.2) is 38.6 Å². The zero-order valence-electron chi connectivity index (χ0n) is 11.3. The van der Waals surface area contributed by atoms with Crippen molar-refractivity contribution in [2.75, 3.05) is 26.0 Å². The van der Waals surface area contributed by atoms with Gasteiger partial charge in [0.1, 0.15) is 11.6 Å². The quantitative estimate of drug-likeness (QED) is 0.708. The fraction of sp³-hybridized carbons (Fsp3) is 0.250. The second-order valence-electron chi connectivity index (χ2n) is 3.78. The van der Waals surface area contributed by atoms with Gasteiger partial charge in [-0.25, -0.2) is 18.4 Å². The van der Waals surface area contributed by atoms with Crippen molar-refractivity contribution in [2.24, 2.45) is 0 Å². The Morgan fingerprint density at radius 3 is 2.43 bits per heavy atom. The first kappa shape index (κ1) is 16.3. The molecule has 0 aromatic heterocycles. The number of carbonyl (C=O) groups excluding carboxylic acids is 3. The van der Waals surface area contributed by atoms with E-state index in [9.17, 15) is 23.2 Å². The summed E-state index contributed by atoms with van der Waals surface area (Å²) < 4.78 is 31.2. The van der Waals surface area contributed by atoms with Crippen molar-refractivity contribution in [2.45, 2.75) is 0 Å². The number of nitrogens with one attached hydrogen (secondary N) is 3. The van der Waals surface area contributed by atoms with E-state index in [-0.39, 0.29) is 5.69 Å². The fourth-order valence-electron chi connectivity index (χ4n) is 1.36. The number of rotatable bonds is 4. The molecule has 0 heterocycles. The Morgan fingerprint density at radius 1 is 1.19 bits per heavy atom. The van der Waals surface area contributed by atoms with Crippen LogP contribution >= 0.6 is 0 Å². The molecule has 0 saturated heterocycles. The molecule has 1 aromatic carbocycles. The molecular weight excluding hydrogens is 288 g/mol. The Morgan fingerprint density at radius 2 is 1.86 bits per heavy atom. The molecule has 0 fully saturated rings. The van der Waals surface area contributed by atoms with E-state index in [2.05, 4.69) is 15.4 Å². The standard InChI is InChI=1S/C12H13F2N3O4/c1-15-12(20)17-10(18)5-16-9-3-6(11(19)21-2)7(13)4-8(9)14/h3-4,16H,5H2,1-2H3,(H2,15,17,18,20). The van der Waals surface area contributed by atoms with Gasteiger partial charge in [-0.3, -0.25) is 10.1 Å². The highest BCUT2D eigenvalue weighted by Gasteiger charge is 2.17. The van der Waals surface area contributed by atoms with Gasteiger partial charge in [0.2, 0.25) is 5.91 Å². The molecular formula is C12H13F2N3O4. The summed E-state index contributed by atoms with van der Waals surface area (Å²) in [7, 11) is 2.37. The van der Waals surface area contributed by atoms with Gasteiger partial charge in [-0.15, -0.1) is 0 Å². The average molecular weight is 301 g/mol. The fourth-order valence-corrected chi connectivity index (χ4v) is 1.36. The van der Waals surface area contributed by atoms with Crippen LogP contribution < -0.4 is 16.0 Å². The minimum absolute atomic E-state index is 0.274. The SMILES string of the molecule is CNC(=O)NC(=O)CNc1cc(C(=O)OC)c(F)cc1F. The van der Waals surface area contributed by atoms with Crippen LogP contribution in [0.1, 0.15) is 10.4 Å². The topological polar surface area (TPSA) is 96.5 Å². The number of methoxy groups -OCH3 is 1. The third-order valence-electron chi connectivity index (χ3n) is 2.38. The van der Waals surface area contributed by atoms with Crippen LogP contribution in [0.15, 0.2) is 12.1 Å². The van der Waals surface area contributed by atoms with Gasteiger partial charge in [-0.05, 0) is 6.07 Å². The lowest BCUT2D eigenvalue weighted by Gasteiger charge is -2.10. The molecule has 114 valence electrons. The smallest absolute Gasteiger partial charge is 0.340 e. The predicted octanol–water partition coefficient (Wildman–Crippen LogP) is 0.619. The molecule has 3 N–H and O–H groups in total. The van der Waals surface area contributed by atoms with Crippen LogP contribution in [0.2, 0.25) is 0 Å². The zero-order valence-corrected chi connectivity index (χ0v) is 11.3. The molecule has 21 heavy (non-hydrogen) atoms. The van der Waals surface area contributed by atoms with Gasteiger partial charge in [-0.2, -0.15) is 0 Å². The normalized spacial score (nSPS) is 9.71. The van der Waals surface area contributed by atoms with Crippen molar-refractivity contribution in [3.63, 3.8) is 0 Å². The minimum atomic E-state index is -1.08. The number of halogens is 2. The maximum Gasteiger partial charge on any atom is 0.340 e. The molecule has 0 atom stereocenters. The molecule has 0 radical (unpaired) electrons. The van der Waals surface area contributed by atoms with E-state index < -0.39 is 41.7 Å². The van der Waals surface area contributed by atoms with Crippen molar-refractivity contribution in [3.05, 3.63) is 29.3 Å². The molecule has 9 heteroatoms. The van der Waals surface area contributed by atoms with E-state index in [0.29, 0.717) is 6.07 Å². The van der Waals surface area contributed by atoms with E-state index in [1.165, 1.54) is 7.05 Å². The average Bonchev–Trinajstić information content (AvgIpc) is 2.45. The second kappa shape index (κ2) is 7.17. The number of ether oxygens (including phenoxy) is 1. The highest BCUT2D eigenvalue weighted by Crippen LogP contribution is 2.20. The van der Waals surface area contributed by atoms with Crippen LogP contribution in [0.25, 0.3) is 0 Å². The van der Waals surface area contributed by atoms with Crippen molar-refractivity contribution in [1.29, 1.82) is 0 Å².